The average molecular weight is 602 g/mol. The van der Waals surface area contributed by atoms with Crippen molar-refractivity contribution in [3.05, 3.63) is 93.2 Å². The molecule has 0 aromatic heterocycles. The lowest BCUT2D eigenvalue weighted by molar-refractivity contribution is 0.0184. The molecular weight excluding hydrogens is 566 g/mol. The van der Waals surface area contributed by atoms with Crippen molar-refractivity contribution in [3.8, 4) is 11.5 Å². The zero-order valence-electron chi connectivity index (χ0n) is 23.8. The van der Waals surface area contributed by atoms with Crippen LogP contribution in [-0.2, 0) is 17.7 Å². The quantitative estimate of drug-likeness (QED) is 0.273. The number of ether oxygens (including phenoxy) is 2. The predicted molar refractivity (Wildman–Crippen MR) is 159 cm³/mol. The third kappa shape index (κ3) is 8.37. The van der Waals surface area contributed by atoms with E-state index in [0.717, 1.165) is 24.8 Å². The Morgan fingerprint density at radius 2 is 1.68 bits per heavy atom. The Bertz CT molecular complexity index is 1400. The number of piperidine rings is 1. The van der Waals surface area contributed by atoms with Crippen LogP contribution < -0.4 is 4.74 Å². The van der Waals surface area contributed by atoms with Crippen LogP contribution in [0.4, 0.5) is 9.18 Å². The fourth-order valence-electron chi connectivity index (χ4n) is 4.84. The van der Waals surface area contributed by atoms with E-state index in [1.54, 1.807) is 35.0 Å². The Kier molecular flexibility index (Phi) is 9.82. The van der Waals surface area contributed by atoms with E-state index in [0.29, 0.717) is 51.7 Å². The molecule has 1 heterocycles. The molecule has 0 N–H and O–H groups in total. The fraction of sp³-hybridized carbons (Fsp3) is 0.375. The van der Waals surface area contributed by atoms with Gasteiger partial charge in [-0.25, -0.2) is 9.18 Å². The highest BCUT2D eigenvalue weighted by Crippen LogP contribution is 2.32. The van der Waals surface area contributed by atoms with Crippen LogP contribution in [0, 0.1) is 11.7 Å². The molecule has 0 aliphatic carbocycles. The summed E-state index contributed by atoms with van der Waals surface area (Å²) in [5.41, 5.74) is 1.54. The Morgan fingerprint density at radius 3 is 2.37 bits per heavy atom. The Hall–Kier alpha value is -3.29. The van der Waals surface area contributed by atoms with Crippen LogP contribution in [0.15, 0.2) is 60.7 Å². The van der Waals surface area contributed by atoms with E-state index in [1.165, 1.54) is 18.2 Å². The van der Waals surface area contributed by atoms with Crippen molar-refractivity contribution in [1.29, 1.82) is 0 Å². The number of amides is 2. The zero-order chi connectivity index (χ0) is 29.7. The normalized spacial score (nSPS) is 14.1. The second kappa shape index (κ2) is 13.1. The number of rotatable bonds is 7. The topological polar surface area (TPSA) is 59.1 Å². The van der Waals surface area contributed by atoms with Crippen molar-refractivity contribution in [2.24, 2.45) is 5.92 Å². The van der Waals surface area contributed by atoms with Gasteiger partial charge in [0.05, 0.1) is 10.0 Å². The maximum Gasteiger partial charge on any atom is 0.410 e. The molecule has 0 radical (unpaired) electrons. The monoisotopic (exact) mass is 600 g/mol. The molecule has 1 fully saturated rings. The lowest BCUT2D eigenvalue weighted by atomic mass is 9.88. The van der Waals surface area contributed by atoms with Gasteiger partial charge in [-0.1, -0.05) is 41.4 Å². The number of hydrogen-bond acceptors (Lipinski definition) is 4. The smallest absolute Gasteiger partial charge is 0.410 e. The van der Waals surface area contributed by atoms with Crippen molar-refractivity contribution < 1.29 is 23.5 Å². The zero-order valence-corrected chi connectivity index (χ0v) is 25.3. The van der Waals surface area contributed by atoms with Crippen molar-refractivity contribution in [1.82, 2.24) is 9.80 Å². The molecular formula is C32H35Cl2FN2O4. The third-order valence-electron chi connectivity index (χ3n) is 6.92. The SMILES string of the molecule is CN(Cc1cc(F)ccc1Oc1ccc(Cl)c(Cl)c1)C(=O)c1ccccc1CC1CCN(C(=O)OC(C)(C)C)CC1. The molecule has 4 rings (SSSR count). The van der Waals surface area contributed by atoms with Gasteiger partial charge in [0, 0.05) is 43.9 Å². The first-order valence-electron chi connectivity index (χ1n) is 13.6. The highest BCUT2D eigenvalue weighted by atomic mass is 35.5. The highest BCUT2D eigenvalue weighted by Gasteiger charge is 2.28. The van der Waals surface area contributed by atoms with Gasteiger partial charge in [0.15, 0.2) is 0 Å². The second-order valence-corrected chi connectivity index (χ2v) is 12.2. The molecule has 9 heteroatoms. The lowest BCUT2D eigenvalue weighted by Crippen LogP contribution is -2.42. The summed E-state index contributed by atoms with van der Waals surface area (Å²) in [4.78, 5) is 29.4. The van der Waals surface area contributed by atoms with Gasteiger partial charge in [0.25, 0.3) is 5.91 Å². The molecule has 1 aliphatic heterocycles. The first-order valence-corrected chi connectivity index (χ1v) is 14.4. The first-order chi connectivity index (χ1) is 19.4. The maximum atomic E-state index is 14.2. The summed E-state index contributed by atoms with van der Waals surface area (Å²) in [6, 6.07) is 16.6. The Morgan fingerprint density at radius 1 is 0.976 bits per heavy atom. The van der Waals surface area contributed by atoms with E-state index >= 15 is 0 Å². The van der Waals surface area contributed by atoms with Gasteiger partial charge >= 0.3 is 6.09 Å². The van der Waals surface area contributed by atoms with E-state index in [9.17, 15) is 14.0 Å². The van der Waals surface area contributed by atoms with Gasteiger partial charge in [-0.05, 0) is 87.9 Å². The second-order valence-electron chi connectivity index (χ2n) is 11.4. The molecule has 0 atom stereocenters. The standard InChI is InChI=1S/C32H35Cl2FN2O4/c1-32(2,3)41-31(39)37-15-13-21(14-16-37)17-22-7-5-6-8-26(22)30(38)36(4)20-23-18-24(35)9-12-29(23)40-25-10-11-27(33)28(34)19-25/h5-12,18-19,21H,13-17,20H2,1-4H3. The number of hydrogen-bond donors (Lipinski definition) is 0. The lowest BCUT2D eigenvalue weighted by Gasteiger charge is -2.33. The summed E-state index contributed by atoms with van der Waals surface area (Å²) in [6.45, 7) is 6.96. The number of carbonyl (C=O) groups excluding carboxylic acids is 2. The van der Waals surface area contributed by atoms with E-state index in [4.69, 9.17) is 32.7 Å². The van der Waals surface area contributed by atoms with E-state index < -0.39 is 11.4 Å². The number of halogens is 3. The largest absolute Gasteiger partial charge is 0.457 e. The molecule has 218 valence electrons. The van der Waals surface area contributed by atoms with Crippen LogP contribution in [0.5, 0.6) is 11.5 Å². The average Bonchev–Trinajstić information content (AvgIpc) is 2.91. The van der Waals surface area contributed by atoms with Gasteiger partial charge < -0.3 is 19.3 Å². The minimum absolute atomic E-state index is 0.135. The van der Waals surface area contributed by atoms with Gasteiger partial charge in [0.2, 0.25) is 0 Å². The molecule has 3 aromatic carbocycles. The number of nitrogens with zero attached hydrogens (tertiary/aromatic N) is 2. The molecule has 6 nitrogen and oxygen atoms in total. The summed E-state index contributed by atoms with van der Waals surface area (Å²) in [6.07, 6.45) is 2.10. The Balaban J connectivity index is 1.43. The number of benzene rings is 3. The van der Waals surface area contributed by atoms with Crippen LogP contribution in [-0.4, -0.2) is 47.5 Å². The van der Waals surface area contributed by atoms with Gasteiger partial charge in [0.1, 0.15) is 22.9 Å². The molecule has 0 bridgehead atoms. The molecule has 1 saturated heterocycles. The number of carbonyl (C=O) groups is 2. The molecule has 41 heavy (non-hydrogen) atoms. The van der Waals surface area contributed by atoms with Gasteiger partial charge in [-0.2, -0.15) is 0 Å². The highest BCUT2D eigenvalue weighted by molar-refractivity contribution is 6.42. The predicted octanol–water partition coefficient (Wildman–Crippen LogP) is 8.39. The van der Waals surface area contributed by atoms with E-state index in [1.807, 2.05) is 45.0 Å². The molecule has 0 saturated carbocycles. The van der Waals surface area contributed by atoms with Crippen molar-refractivity contribution in [3.63, 3.8) is 0 Å². The van der Waals surface area contributed by atoms with Crippen molar-refractivity contribution in [2.75, 3.05) is 20.1 Å². The summed E-state index contributed by atoms with van der Waals surface area (Å²) in [5, 5.41) is 0.739. The van der Waals surface area contributed by atoms with Gasteiger partial charge in [-0.15, -0.1) is 0 Å². The summed E-state index contributed by atoms with van der Waals surface area (Å²) >= 11 is 12.1. The fourth-order valence-corrected chi connectivity index (χ4v) is 5.12. The first kappa shape index (κ1) is 30.7. The van der Waals surface area contributed by atoms with Crippen LogP contribution in [0.25, 0.3) is 0 Å². The van der Waals surface area contributed by atoms with Crippen LogP contribution in [0.3, 0.4) is 0 Å². The minimum Gasteiger partial charge on any atom is -0.457 e. The van der Waals surface area contributed by atoms with Crippen LogP contribution in [0.2, 0.25) is 10.0 Å². The molecule has 3 aromatic rings. The number of likely N-dealkylation sites (tertiary alicyclic amines) is 1. The Labute approximate surface area is 250 Å². The van der Waals surface area contributed by atoms with Crippen LogP contribution >= 0.6 is 23.2 Å². The molecule has 2 amide bonds. The van der Waals surface area contributed by atoms with Crippen molar-refractivity contribution >= 4 is 35.2 Å². The minimum atomic E-state index is -0.527. The summed E-state index contributed by atoms with van der Waals surface area (Å²) in [7, 11) is 1.69. The maximum absolute atomic E-state index is 14.2. The summed E-state index contributed by atoms with van der Waals surface area (Å²) in [5.74, 6) is 0.595. The molecule has 1 aliphatic rings. The van der Waals surface area contributed by atoms with Gasteiger partial charge in [-0.3, -0.25) is 4.79 Å². The van der Waals surface area contributed by atoms with Crippen LogP contribution in [0.1, 0.15) is 55.1 Å². The van der Waals surface area contributed by atoms with E-state index in [-0.39, 0.29) is 18.5 Å². The molecule has 0 unspecified atom stereocenters. The summed E-state index contributed by atoms with van der Waals surface area (Å²) < 4.78 is 25.7. The molecule has 0 spiro atoms. The third-order valence-corrected chi connectivity index (χ3v) is 7.66. The van der Waals surface area contributed by atoms with E-state index in [2.05, 4.69) is 0 Å². The van der Waals surface area contributed by atoms with Crippen molar-refractivity contribution in [2.45, 2.75) is 52.2 Å².